The molecule has 0 spiro atoms. The highest BCUT2D eigenvalue weighted by Crippen LogP contribution is 2.13. The van der Waals surface area contributed by atoms with Crippen LogP contribution in [0.25, 0.3) is 0 Å². The van der Waals surface area contributed by atoms with Crippen molar-refractivity contribution in [1.29, 1.82) is 0 Å². The molecule has 4 nitrogen and oxygen atoms in total. The number of hydrogen-bond acceptors (Lipinski definition) is 2. The van der Waals surface area contributed by atoms with Crippen molar-refractivity contribution in [2.24, 2.45) is 5.92 Å². The highest BCUT2D eigenvalue weighted by Gasteiger charge is 2.13. The van der Waals surface area contributed by atoms with Crippen molar-refractivity contribution in [3.05, 3.63) is 32.7 Å². The predicted octanol–water partition coefficient (Wildman–Crippen LogP) is 2.37. The molecule has 0 saturated heterocycles. The van der Waals surface area contributed by atoms with Crippen LogP contribution in [0.3, 0.4) is 0 Å². The second kappa shape index (κ2) is 6.59. The van der Waals surface area contributed by atoms with Crippen molar-refractivity contribution in [1.82, 2.24) is 10.3 Å². The van der Waals surface area contributed by atoms with Crippen LogP contribution in [0.15, 0.2) is 10.9 Å². The van der Waals surface area contributed by atoms with Crippen molar-refractivity contribution in [3.63, 3.8) is 0 Å². The second-order valence-corrected chi connectivity index (χ2v) is 4.82. The summed E-state index contributed by atoms with van der Waals surface area (Å²) in [5.74, 6) is 0.0134. The number of aromatic amines is 1. The van der Waals surface area contributed by atoms with Gasteiger partial charge in [0.05, 0.1) is 5.02 Å². The minimum absolute atomic E-state index is 0.0699. The average Bonchev–Trinajstić information content (AvgIpc) is 2.37. The van der Waals surface area contributed by atoms with Gasteiger partial charge < -0.3 is 10.3 Å². The van der Waals surface area contributed by atoms with E-state index in [1.165, 1.54) is 6.07 Å². The second-order valence-electron chi connectivity index (χ2n) is 4.42. The molecule has 0 saturated carbocycles. The number of rotatable bonds is 5. The van der Waals surface area contributed by atoms with Gasteiger partial charge in [-0.25, -0.2) is 0 Å². The Morgan fingerprint density at radius 3 is 2.72 bits per heavy atom. The summed E-state index contributed by atoms with van der Waals surface area (Å²) >= 11 is 5.99. The smallest absolute Gasteiger partial charge is 0.261 e. The number of pyridine rings is 1. The lowest BCUT2D eigenvalue weighted by atomic mass is 10.1. The summed E-state index contributed by atoms with van der Waals surface area (Å²) < 4.78 is 0. The zero-order valence-corrected chi connectivity index (χ0v) is 11.7. The Morgan fingerprint density at radius 1 is 1.50 bits per heavy atom. The molecule has 1 aromatic heterocycles. The van der Waals surface area contributed by atoms with Gasteiger partial charge >= 0.3 is 0 Å². The third kappa shape index (κ3) is 3.60. The Hall–Kier alpha value is -1.29. The number of carbonyl (C=O) groups excluding carboxylic acids is 1. The first-order chi connectivity index (χ1) is 8.49. The third-order valence-corrected chi connectivity index (χ3v) is 3.31. The van der Waals surface area contributed by atoms with Crippen LogP contribution >= 0.6 is 11.6 Å². The highest BCUT2D eigenvalue weighted by atomic mass is 35.5. The minimum atomic E-state index is -0.391. The number of nitrogens with one attached hydrogen (secondary N) is 2. The lowest BCUT2D eigenvalue weighted by Gasteiger charge is -2.10. The lowest BCUT2D eigenvalue weighted by molar-refractivity contribution is 0.0946. The summed E-state index contributed by atoms with van der Waals surface area (Å²) in [7, 11) is 0. The number of halogens is 1. The molecule has 1 amide bonds. The van der Waals surface area contributed by atoms with Crippen LogP contribution in [0.4, 0.5) is 0 Å². The molecule has 5 heteroatoms. The number of aromatic nitrogens is 1. The first-order valence-corrected chi connectivity index (χ1v) is 6.57. The van der Waals surface area contributed by atoms with Gasteiger partial charge in [0.15, 0.2) is 0 Å². The Labute approximate surface area is 112 Å². The topological polar surface area (TPSA) is 62.0 Å². The highest BCUT2D eigenvalue weighted by molar-refractivity contribution is 6.31. The molecule has 0 aliphatic rings. The largest absolute Gasteiger partial charge is 0.352 e. The third-order valence-electron chi connectivity index (χ3n) is 2.97. The van der Waals surface area contributed by atoms with Crippen molar-refractivity contribution in [2.45, 2.75) is 33.6 Å². The summed E-state index contributed by atoms with van der Waals surface area (Å²) in [6.07, 6.45) is 1.61. The normalized spacial score (nSPS) is 12.2. The van der Waals surface area contributed by atoms with E-state index in [9.17, 15) is 9.59 Å². The average molecular weight is 271 g/mol. The molecule has 0 aliphatic carbocycles. The number of H-pyrrole nitrogens is 1. The molecular formula is C13H19ClN2O2. The van der Waals surface area contributed by atoms with E-state index in [0.717, 1.165) is 6.42 Å². The summed E-state index contributed by atoms with van der Waals surface area (Å²) in [6, 6.07) is 1.44. The molecule has 1 heterocycles. The maximum absolute atomic E-state index is 11.8. The Bertz CT molecular complexity index is 482. The van der Waals surface area contributed by atoms with Crippen molar-refractivity contribution in [3.8, 4) is 0 Å². The van der Waals surface area contributed by atoms with Gasteiger partial charge in [-0.3, -0.25) is 9.59 Å². The van der Waals surface area contributed by atoms with Gasteiger partial charge in [0.1, 0.15) is 5.56 Å². The number of hydrogen-bond donors (Lipinski definition) is 2. The van der Waals surface area contributed by atoms with E-state index >= 15 is 0 Å². The van der Waals surface area contributed by atoms with E-state index in [1.807, 2.05) is 13.8 Å². The summed E-state index contributed by atoms with van der Waals surface area (Å²) in [4.78, 5) is 26.2. The molecule has 0 radical (unpaired) electrons. The standard InChI is InChI=1S/C13H19ClN2O2/c1-4-8(3)7-15-12(17)9-6-10(14)11(5-2)16-13(9)18/h6,8H,4-5,7H2,1-3H3,(H,15,17)(H,16,18)/t8-/m0/s1. The van der Waals surface area contributed by atoms with E-state index in [0.29, 0.717) is 29.6 Å². The van der Waals surface area contributed by atoms with E-state index in [2.05, 4.69) is 17.2 Å². The van der Waals surface area contributed by atoms with Crippen LogP contribution in [0.1, 0.15) is 43.2 Å². The quantitative estimate of drug-likeness (QED) is 0.863. The van der Waals surface area contributed by atoms with Crippen LogP contribution in [0, 0.1) is 5.92 Å². The molecule has 0 aliphatic heterocycles. The van der Waals surface area contributed by atoms with Crippen LogP contribution in [-0.2, 0) is 6.42 Å². The molecular weight excluding hydrogens is 252 g/mol. The van der Waals surface area contributed by atoms with Gasteiger partial charge in [-0.05, 0) is 18.4 Å². The van der Waals surface area contributed by atoms with Crippen LogP contribution in [0.2, 0.25) is 5.02 Å². The Morgan fingerprint density at radius 2 is 2.17 bits per heavy atom. The van der Waals surface area contributed by atoms with Gasteiger partial charge in [0.25, 0.3) is 11.5 Å². The predicted molar refractivity (Wildman–Crippen MR) is 73.2 cm³/mol. The summed E-state index contributed by atoms with van der Waals surface area (Å²) in [5, 5.41) is 3.16. The Kier molecular flexibility index (Phi) is 5.41. The molecule has 1 atom stereocenters. The minimum Gasteiger partial charge on any atom is -0.352 e. The van der Waals surface area contributed by atoms with E-state index < -0.39 is 5.56 Å². The van der Waals surface area contributed by atoms with Gasteiger partial charge in [0, 0.05) is 12.2 Å². The monoisotopic (exact) mass is 270 g/mol. The Balaban J connectivity index is 2.87. The number of carbonyl (C=O) groups is 1. The molecule has 2 N–H and O–H groups in total. The maximum Gasteiger partial charge on any atom is 0.261 e. The summed E-state index contributed by atoms with van der Waals surface area (Å²) in [5.41, 5.74) is 0.332. The first-order valence-electron chi connectivity index (χ1n) is 6.19. The molecule has 100 valence electrons. The zero-order valence-electron chi connectivity index (χ0n) is 11.0. The molecule has 1 aromatic rings. The molecule has 0 unspecified atom stereocenters. The number of aryl methyl sites for hydroxylation is 1. The van der Waals surface area contributed by atoms with E-state index in [-0.39, 0.29) is 11.5 Å². The first kappa shape index (κ1) is 14.8. The SMILES string of the molecule is CCc1[nH]c(=O)c(C(=O)NC[C@@H](C)CC)cc1Cl. The van der Waals surface area contributed by atoms with Crippen molar-refractivity contribution < 1.29 is 4.79 Å². The molecule has 18 heavy (non-hydrogen) atoms. The lowest BCUT2D eigenvalue weighted by Crippen LogP contribution is -2.32. The fraction of sp³-hybridized carbons (Fsp3) is 0.538. The molecule has 0 bridgehead atoms. The van der Waals surface area contributed by atoms with Gasteiger partial charge in [-0.2, -0.15) is 0 Å². The summed E-state index contributed by atoms with van der Waals surface area (Å²) in [6.45, 7) is 6.54. The van der Waals surface area contributed by atoms with Crippen LogP contribution in [0.5, 0.6) is 0 Å². The van der Waals surface area contributed by atoms with Gasteiger partial charge in [-0.1, -0.05) is 38.8 Å². The fourth-order valence-electron chi connectivity index (χ4n) is 1.48. The molecule has 0 aromatic carbocycles. The molecule has 0 fully saturated rings. The van der Waals surface area contributed by atoms with Gasteiger partial charge in [0.2, 0.25) is 0 Å². The van der Waals surface area contributed by atoms with Gasteiger partial charge in [-0.15, -0.1) is 0 Å². The zero-order chi connectivity index (χ0) is 13.7. The van der Waals surface area contributed by atoms with E-state index in [4.69, 9.17) is 11.6 Å². The van der Waals surface area contributed by atoms with E-state index in [1.54, 1.807) is 0 Å². The maximum atomic E-state index is 11.8. The van der Waals surface area contributed by atoms with Crippen molar-refractivity contribution >= 4 is 17.5 Å². The molecule has 1 rings (SSSR count). The fourth-order valence-corrected chi connectivity index (χ4v) is 1.77. The number of amides is 1. The van der Waals surface area contributed by atoms with Crippen molar-refractivity contribution in [2.75, 3.05) is 6.54 Å². The van der Waals surface area contributed by atoms with Crippen LogP contribution < -0.4 is 10.9 Å². The van der Waals surface area contributed by atoms with Crippen LogP contribution in [-0.4, -0.2) is 17.4 Å².